The van der Waals surface area contributed by atoms with Gasteiger partial charge in [0.1, 0.15) is 12.2 Å². The van der Waals surface area contributed by atoms with Crippen molar-refractivity contribution in [3.05, 3.63) is 12.2 Å². The van der Waals surface area contributed by atoms with Crippen LogP contribution in [-0.2, 0) is 16.1 Å². The van der Waals surface area contributed by atoms with Crippen LogP contribution in [0.5, 0.6) is 0 Å². The predicted molar refractivity (Wildman–Crippen MR) is 117 cm³/mol. The number of piperidine rings is 1. The van der Waals surface area contributed by atoms with E-state index in [0.717, 1.165) is 57.3 Å². The average Bonchev–Trinajstić information content (AvgIpc) is 3.35. The molecule has 3 heterocycles. The molecule has 1 spiro atoms. The fraction of sp³-hybridized carbons (Fsp3) is 0.833. The molecule has 4 aliphatic rings. The second-order valence-electron chi connectivity index (χ2n) is 10.7. The number of hydrogen-bond acceptors (Lipinski definition) is 4. The maximum Gasteiger partial charge on any atom is 0.222 e. The fourth-order valence-corrected chi connectivity index (χ4v) is 6.36. The van der Waals surface area contributed by atoms with Gasteiger partial charge in [-0.1, -0.05) is 19.3 Å². The molecular formula is C24H37N5O2. The second-order valence-corrected chi connectivity index (χ2v) is 10.7. The molecule has 31 heavy (non-hydrogen) atoms. The summed E-state index contributed by atoms with van der Waals surface area (Å²) < 4.78 is 2.30. The Balaban J connectivity index is 1.28. The Kier molecular flexibility index (Phi) is 5.78. The number of carbonyl (C=O) groups excluding carboxylic acids is 2. The first-order chi connectivity index (χ1) is 15.0. The molecule has 2 aliphatic carbocycles. The highest BCUT2D eigenvalue weighted by Gasteiger charge is 2.50. The predicted octanol–water partition coefficient (Wildman–Crippen LogP) is 3.21. The summed E-state index contributed by atoms with van der Waals surface area (Å²) >= 11 is 0. The molecule has 2 saturated heterocycles. The highest BCUT2D eigenvalue weighted by molar-refractivity contribution is 5.77. The maximum absolute atomic E-state index is 13.3. The first kappa shape index (κ1) is 21.0. The third-order valence-electron chi connectivity index (χ3n) is 8.48. The van der Waals surface area contributed by atoms with Crippen LogP contribution in [-0.4, -0.2) is 62.6 Å². The van der Waals surface area contributed by atoms with E-state index < -0.39 is 0 Å². The minimum atomic E-state index is 0.154. The molecule has 2 saturated carbocycles. The van der Waals surface area contributed by atoms with Crippen LogP contribution in [0.25, 0.3) is 0 Å². The van der Waals surface area contributed by atoms with Crippen molar-refractivity contribution in [2.24, 2.45) is 17.3 Å². The Bertz CT molecular complexity index is 803. The number of carbonyl (C=O) groups is 2. The summed E-state index contributed by atoms with van der Waals surface area (Å²) in [6.45, 7) is 5.96. The number of amides is 2. The topological polar surface area (TPSA) is 71.3 Å². The minimum Gasteiger partial charge on any atom is -0.343 e. The number of hydrogen-bond donors (Lipinski definition) is 0. The van der Waals surface area contributed by atoms with Crippen molar-refractivity contribution in [1.82, 2.24) is 24.6 Å². The van der Waals surface area contributed by atoms with Crippen LogP contribution in [0.15, 0.2) is 6.33 Å². The zero-order chi connectivity index (χ0) is 21.4. The molecule has 1 atom stereocenters. The highest BCUT2D eigenvalue weighted by Crippen LogP contribution is 2.52. The standard InChI is InChI=1S/C24H37N5O2/c1-18(30)27-11-7-19(8-12-27)13-22(31)28-15-21(24(16-28)9-3-2-4-10-24)23-26-25-17-29(23)14-20-5-6-20/h17,19-21H,2-16H2,1H3. The summed E-state index contributed by atoms with van der Waals surface area (Å²) in [7, 11) is 0. The van der Waals surface area contributed by atoms with Crippen molar-refractivity contribution < 1.29 is 9.59 Å². The molecule has 170 valence electrons. The van der Waals surface area contributed by atoms with Gasteiger partial charge in [0.15, 0.2) is 0 Å². The van der Waals surface area contributed by atoms with Crippen LogP contribution >= 0.6 is 0 Å². The Hall–Kier alpha value is -1.92. The van der Waals surface area contributed by atoms with Gasteiger partial charge in [0.25, 0.3) is 0 Å². The van der Waals surface area contributed by atoms with Gasteiger partial charge in [0.2, 0.25) is 11.8 Å². The van der Waals surface area contributed by atoms with Crippen molar-refractivity contribution in [2.45, 2.75) is 83.6 Å². The van der Waals surface area contributed by atoms with Gasteiger partial charge in [0, 0.05) is 52.0 Å². The molecule has 1 aromatic rings. The van der Waals surface area contributed by atoms with Crippen LogP contribution < -0.4 is 0 Å². The molecule has 7 nitrogen and oxygen atoms in total. The Labute approximate surface area is 185 Å². The highest BCUT2D eigenvalue weighted by atomic mass is 16.2. The lowest BCUT2D eigenvalue weighted by atomic mass is 9.67. The SMILES string of the molecule is CC(=O)N1CCC(CC(=O)N2CC(c3nncn3CC3CC3)C3(CCCCC3)C2)CC1. The summed E-state index contributed by atoms with van der Waals surface area (Å²) in [6, 6.07) is 0. The number of likely N-dealkylation sites (tertiary alicyclic amines) is 2. The van der Waals surface area contributed by atoms with Crippen LogP contribution in [0.3, 0.4) is 0 Å². The number of rotatable bonds is 5. The van der Waals surface area contributed by atoms with E-state index in [1.54, 1.807) is 6.92 Å². The zero-order valence-electron chi connectivity index (χ0n) is 19.0. The molecule has 7 heteroatoms. The Morgan fingerprint density at radius 2 is 1.77 bits per heavy atom. The van der Waals surface area contributed by atoms with Crippen LogP contribution in [0.4, 0.5) is 0 Å². The smallest absolute Gasteiger partial charge is 0.222 e. The lowest BCUT2D eigenvalue weighted by molar-refractivity contribution is -0.132. The van der Waals surface area contributed by atoms with E-state index in [1.807, 2.05) is 11.2 Å². The van der Waals surface area contributed by atoms with E-state index >= 15 is 0 Å². The van der Waals surface area contributed by atoms with Crippen LogP contribution in [0.1, 0.15) is 82.9 Å². The third kappa shape index (κ3) is 4.37. The number of nitrogens with zero attached hydrogens (tertiary/aromatic N) is 5. The first-order valence-electron chi connectivity index (χ1n) is 12.4. The summed E-state index contributed by atoms with van der Waals surface area (Å²) in [5.41, 5.74) is 0.181. The molecule has 5 rings (SSSR count). The molecule has 0 N–H and O–H groups in total. The van der Waals surface area contributed by atoms with Gasteiger partial charge in [-0.15, -0.1) is 10.2 Å². The van der Waals surface area contributed by atoms with Crippen molar-refractivity contribution >= 4 is 11.8 Å². The molecular weight excluding hydrogens is 390 g/mol. The first-order valence-corrected chi connectivity index (χ1v) is 12.4. The van der Waals surface area contributed by atoms with E-state index in [-0.39, 0.29) is 11.3 Å². The van der Waals surface area contributed by atoms with E-state index in [4.69, 9.17) is 0 Å². The summed E-state index contributed by atoms with van der Waals surface area (Å²) in [5.74, 6) is 3.10. The molecule has 2 amide bonds. The van der Waals surface area contributed by atoms with Gasteiger partial charge in [-0.25, -0.2) is 0 Å². The third-order valence-corrected chi connectivity index (χ3v) is 8.48. The molecule has 1 aromatic heterocycles. The Morgan fingerprint density at radius 1 is 1.03 bits per heavy atom. The van der Waals surface area contributed by atoms with E-state index in [2.05, 4.69) is 19.7 Å². The van der Waals surface area contributed by atoms with Gasteiger partial charge in [0.05, 0.1) is 0 Å². The van der Waals surface area contributed by atoms with Gasteiger partial charge < -0.3 is 14.4 Å². The lowest BCUT2D eigenvalue weighted by Gasteiger charge is -2.37. The molecule has 2 aliphatic heterocycles. The van der Waals surface area contributed by atoms with Crippen molar-refractivity contribution in [1.29, 1.82) is 0 Å². The van der Waals surface area contributed by atoms with E-state index in [0.29, 0.717) is 24.2 Å². The quantitative estimate of drug-likeness (QED) is 0.723. The minimum absolute atomic E-state index is 0.154. The van der Waals surface area contributed by atoms with Gasteiger partial charge in [-0.05, 0) is 55.8 Å². The molecule has 1 unspecified atom stereocenters. The molecule has 0 aromatic carbocycles. The van der Waals surface area contributed by atoms with Gasteiger partial charge in [-0.2, -0.15) is 0 Å². The van der Waals surface area contributed by atoms with E-state index in [1.165, 1.54) is 44.9 Å². The maximum atomic E-state index is 13.3. The van der Waals surface area contributed by atoms with Crippen LogP contribution in [0, 0.1) is 17.3 Å². The van der Waals surface area contributed by atoms with Crippen molar-refractivity contribution in [3.8, 4) is 0 Å². The average molecular weight is 428 g/mol. The summed E-state index contributed by atoms with van der Waals surface area (Å²) in [5, 5.41) is 8.89. The summed E-state index contributed by atoms with van der Waals surface area (Å²) in [4.78, 5) is 29.0. The largest absolute Gasteiger partial charge is 0.343 e. The monoisotopic (exact) mass is 427 g/mol. The molecule has 0 radical (unpaired) electrons. The van der Waals surface area contributed by atoms with Gasteiger partial charge in [-0.3, -0.25) is 9.59 Å². The molecule has 4 fully saturated rings. The molecule has 0 bridgehead atoms. The summed E-state index contributed by atoms with van der Waals surface area (Å²) in [6.07, 6.45) is 13.3. The van der Waals surface area contributed by atoms with Gasteiger partial charge >= 0.3 is 0 Å². The lowest BCUT2D eigenvalue weighted by Crippen LogP contribution is -2.39. The number of aromatic nitrogens is 3. The van der Waals surface area contributed by atoms with Crippen molar-refractivity contribution in [3.63, 3.8) is 0 Å². The zero-order valence-corrected chi connectivity index (χ0v) is 19.0. The normalized spacial score (nSPS) is 26.5. The van der Waals surface area contributed by atoms with Crippen molar-refractivity contribution in [2.75, 3.05) is 26.2 Å². The Morgan fingerprint density at radius 3 is 2.45 bits per heavy atom. The van der Waals surface area contributed by atoms with Crippen LogP contribution in [0.2, 0.25) is 0 Å². The fourth-order valence-electron chi connectivity index (χ4n) is 6.36. The van der Waals surface area contributed by atoms with E-state index in [9.17, 15) is 9.59 Å². The second kappa shape index (κ2) is 8.55.